The minimum atomic E-state index is 0.919. The van der Waals surface area contributed by atoms with Crippen LogP contribution in [0.25, 0.3) is 0 Å². The summed E-state index contributed by atoms with van der Waals surface area (Å²) >= 11 is 0. The molecule has 0 aromatic heterocycles. The second-order valence-corrected chi connectivity index (χ2v) is 4.38. The van der Waals surface area contributed by atoms with Crippen LogP contribution in [0.5, 0.6) is 0 Å². The molecule has 1 saturated heterocycles. The van der Waals surface area contributed by atoms with Gasteiger partial charge in [0.2, 0.25) is 0 Å². The lowest BCUT2D eigenvalue weighted by molar-refractivity contribution is 0.399. The summed E-state index contributed by atoms with van der Waals surface area (Å²) in [5.74, 6) is 0.919. The summed E-state index contributed by atoms with van der Waals surface area (Å²) in [7, 11) is 1.98. The van der Waals surface area contributed by atoms with E-state index in [-0.39, 0.29) is 0 Å². The Kier molecular flexibility index (Phi) is 3.27. The Bertz CT molecular complexity index is 299. The van der Waals surface area contributed by atoms with Gasteiger partial charge in [-0.25, -0.2) is 0 Å². The average molecular weight is 204 g/mol. The summed E-state index contributed by atoms with van der Waals surface area (Å²) in [5.41, 5.74) is 2.73. The van der Waals surface area contributed by atoms with E-state index >= 15 is 0 Å². The number of hydrogen-bond donors (Lipinski definition) is 1. The Balaban J connectivity index is 1.93. The zero-order chi connectivity index (χ0) is 10.7. The molecule has 1 N–H and O–H groups in total. The molecule has 0 saturated carbocycles. The molecule has 1 aliphatic heterocycles. The summed E-state index contributed by atoms with van der Waals surface area (Å²) in [6.45, 7) is 5.71. The molecule has 1 aliphatic rings. The Morgan fingerprint density at radius 2 is 1.93 bits per heavy atom. The van der Waals surface area contributed by atoms with Crippen LogP contribution >= 0.6 is 0 Å². The summed E-state index contributed by atoms with van der Waals surface area (Å²) < 4.78 is 0. The van der Waals surface area contributed by atoms with E-state index in [4.69, 9.17) is 0 Å². The van der Waals surface area contributed by atoms with Gasteiger partial charge in [-0.3, -0.25) is 0 Å². The van der Waals surface area contributed by atoms with Crippen molar-refractivity contribution in [3.8, 4) is 0 Å². The minimum absolute atomic E-state index is 0.919. The largest absolute Gasteiger partial charge is 0.371 e. The molecule has 2 heteroatoms. The van der Waals surface area contributed by atoms with Gasteiger partial charge in [-0.15, -0.1) is 0 Å². The van der Waals surface area contributed by atoms with Crippen molar-refractivity contribution in [1.29, 1.82) is 0 Å². The van der Waals surface area contributed by atoms with Gasteiger partial charge in [0.1, 0.15) is 0 Å². The molecular formula is C13H20N2. The molecule has 1 aromatic rings. The van der Waals surface area contributed by atoms with Crippen LogP contribution in [0.15, 0.2) is 24.3 Å². The summed E-state index contributed by atoms with van der Waals surface area (Å²) in [4.78, 5) is 2.46. The van der Waals surface area contributed by atoms with Crippen LogP contribution in [0.2, 0.25) is 0 Å². The van der Waals surface area contributed by atoms with Gasteiger partial charge >= 0.3 is 0 Å². The van der Waals surface area contributed by atoms with Crippen LogP contribution in [0, 0.1) is 5.92 Å². The first-order chi connectivity index (χ1) is 7.33. The molecule has 0 spiro atoms. The molecule has 15 heavy (non-hydrogen) atoms. The highest BCUT2D eigenvalue weighted by atomic mass is 15.2. The van der Waals surface area contributed by atoms with E-state index in [9.17, 15) is 0 Å². The lowest BCUT2D eigenvalue weighted by atomic mass is 9.96. The maximum Gasteiger partial charge on any atom is 0.0366 e. The Hall–Kier alpha value is -1.02. The van der Waals surface area contributed by atoms with Crippen molar-refractivity contribution in [1.82, 2.24) is 5.32 Å². The molecule has 0 radical (unpaired) electrons. The van der Waals surface area contributed by atoms with Gasteiger partial charge < -0.3 is 10.2 Å². The highest BCUT2D eigenvalue weighted by molar-refractivity contribution is 5.49. The summed E-state index contributed by atoms with van der Waals surface area (Å²) in [6, 6.07) is 8.90. The quantitative estimate of drug-likeness (QED) is 0.809. The maximum absolute atomic E-state index is 3.16. The number of nitrogens with zero attached hydrogens (tertiary/aromatic N) is 1. The van der Waals surface area contributed by atoms with Gasteiger partial charge in [-0.2, -0.15) is 0 Å². The van der Waals surface area contributed by atoms with Gasteiger partial charge in [-0.05, 0) is 37.1 Å². The van der Waals surface area contributed by atoms with Crippen LogP contribution in [0.4, 0.5) is 5.69 Å². The first kappa shape index (κ1) is 10.5. The van der Waals surface area contributed by atoms with Crippen LogP contribution in [-0.4, -0.2) is 20.1 Å². The SMILES string of the molecule is CCC1CN(c2ccc(CNC)cc2)C1. The first-order valence-electron chi connectivity index (χ1n) is 5.82. The fraction of sp³-hybridized carbons (Fsp3) is 0.538. The lowest BCUT2D eigenvalue weighted by Gasteiger charge is -2.40. The van der Waals surface area contributed by atoms with E-state index in [1.54, 1.807) is 0 Å². The molecule has 2 nitrogen and oxygen atoms in total. The van der Waals surface area contributed by atoms with Crippen molar-refractivity contribution in [2.75, 3.05) is 25.0 Å². The molecule has 0 unspecified atom stereocenters. The fourth-order valence-electron chi connectivity index (χ4n) is 2.07. The molecule has 1 heterocycles. The highest BCUT2D eigenvalue weighted by Gasteiger charge is 2.24. The third kappa shape index (κ3) is 2.32. The molecular weight excluding hydrogens is 184 g/mol. The third-order valence-electron chi connectivity index (χ3n) is 3.22. The van der Waals surface area contributed by atoms with Crippen LogP contribution < -0.4 is 10.2 Å². The first-order valence-corrected chi connectivity index (χ1v) is 5.82. The van der Waals surface area contributed by atoms with E-state index in [0.29, 0.717) is 0 Å². The van der Waals surface area contributed by atoms with Crippen molar-refractivity contribution in [2.24, 2.45) is 5.92 Å². The monoisotopic (exact) mass is 204 g/mol. The van der Waals surface area contributed by atoms with Crippen molar-refractivity contribution in [3.05, 3.63) is 29.8 Å². The van der Waals surface area contributed by atoms with E-state index in [1.807, 2.05) is 7.05 Å². The van der Waals surface area contributed by atoms with Gasteiger partial charge in [0.05, 0.1) is 0 Å². The molecule has 0 atom stereocenters. The molecule has 82 valence electrons. The van der Waals surface area contributed by atoms with Gasteiger partial charge in [-0.1, -0.05) is 19.1 Å². The summed E-state index contributed by atoms with van der Waals surface area (Å²) in [6.07, 6.45) is 1.31. The Morgan fingerprint density at radius 3 is 2.47 bits per heavy atom. The van der Waals surface area contributed by atoms with E-state index < -0.39 is 0 Å². The van der Waals surface area contributed by atoms with E-state index in [2.05, 4.69) is 41.4 Å². The highest BCUT2D eigenvalue weighted by Crippen LogP contribution is 2.26. The number of anilines is 1. The van der Waals surface area contributed by atoms with Crippen molar-refractivity contribution in [3.63, 3.8) is 0 Å². The standard InChI is InChI=1S/C13H20N2/c1-3-11-9-15(10-11)13-6-4-12(5-7-13)8-14-2/h4-7,11,14H,3,8-10H2,1-2H3. The topological polar surface area (TPSA) is 15.3 Å². The fourth-order valence-corrected chi connectivity index (χ4v) is 2.07. The van der Waals surface area contributed by atoms with Gasteiger partial charge in [0, 0.05) is 25.3 Å². The zero-order valence-electron chi connectivity index (χ0n) is 9.66. The van der Waals surface area contributed by atoms with Crippen LogP contribution in [-0.2, 0) is 6.54 Å². The van der Waals surface area contributed by atoms with Gasteiger partial charge in [0.25, 0.3) is 0 Å². The van der Waals surface area contributed by atoms with Gasteiger partial charge in [0.15, 0.2) is 0 Å². The Labute approximate surface area is 92.3 Å². The van der Waals surface area contributed by atoms with Crippen molar-refractivity contribution < 1.29 is 0 Å². The third-order valence-corrected chi connectivity index (χ3v) is 3.22. The lowest BCUT2D eigenvalue weighted by Crippen LogP contribution is -2.46. The van der Waals surface area contributed by atoms with Crippen LogP contribution in [0.1, 0.15) is 18.9 Å². The van der Waals surface area contributed by atoms with Crippen molar-refractivity contribution in [2.45, 2.75) is 19.9 Å². The number of hydrogen-bond acceptors (Lipinski definition) is 2. The maximum atomic E-state index is 3.16. The molecule has 0 bridgehead atoms. The second kappa shape index (κ2) is 4.67. The predicted octanol–water partition coefficient (Wildman–Crippen LogP) is 2.25. The molecule has 0 amide bonds. The number of benzene rings is 1. The molecule has 1 aromatic carbocycles. The molecule has 2 rings (SSSR count). The minimum Gasteiger partial charge on any atom is -0.371 e. The van der Waals surface area contributed by atoms with E-state index in [1.165, 1.54) is 30.8 Å². The number of nitrogens with one attached hydrogen (secondary N) is 1. The van der Waals surface area contributed by atoms with E-state index in [0.717, 1.165) is 12.5 Å². The predicted molar refractivity (Wildman–Crippen MR) is 65.2 cm³/mol. The zero-order valence-corrected chi connectivity index (χ0v) is 9.66. The Morgan fingerprint density at radius 1 is 1.27 bits per heavy atom. The summed E-state index contributed by atoms with van der Waals surface area (Å²) in [5, 5.41) is 3.16. The van der Waals surface area contributed by atoms with Crippen molar-refractivity contribution >= 4 is 5.69 Å². The molecule has 1 fully saturated rings. The smallest absolute Gasteiger partial charge is 0.0366 e. The normalized spacial score (nSPS) is 16.5. The molecule has 0 aliphatic carbocycles. The second-order valence-electron chi connectivity index (χ2n) is 4.38. The average Bonchev–Trinajstić information content (AvgIpc) is 2.19. The number of rotatable bonds is 4. The van der Waals surface area contributed by atoms with Crippen LogP contribution in [0.3, 0.4) is 0 Å².